The van der Waals surface area contributed by atoms with Gasteiger partial charge >= 0.3 is 0 Å². The van der Waals surface area contributed by atoms with Crippen LogP contribution in [0.1, 0.15) is 50.3 Å². The lowest BCUT2D eigenvalue weighted by Crippen LogP contribution is -2.40. The van der Waals surface area contributed by atoms with Gasteiger partial charge in [0, 0.05) is 18.0 Å². The van der Waals surface area contributed by atoms with Gasteiger partial charge in [-0.3, -0.25) is 4.79 Å². The topological polar surface area (TPSA) is 80.9 Å². The van der Waals surface area contributed by atoms with Crippen LogP contribution in [-0.4, -0.2) is 21.9 Å². The Kier molecular flexibility index (Phi) is 3.78. The lowest BCUT2D eigenvalue weighted by atomic mass is 9.84. The van der Waals surface area contributed by atoms with E-state index < -0.39 is 0 Å². The third-order valence-corrected chi connectivity index (χ3v) is 4.31. The molecule has 20 heavy (non-hydrogen) atoms. The van der Waals surface area contributed by atoms with Crippen LogP contribution < -0.4 is 11.1 Å². The normalized spacial score (nSPS) is 26.2. The fraction of sp³-hybridized carbons (Fsp3) is 0.643. The molecular formula is C14H19ClN4O. The maximum Gasteiger partial charge on any atom is 0.222 e. The first-order chi connectivity index (χ1) is 9.63. The summed E-state index contributed by atoms with van der Waals surface area (Å²) in [4.78, 5) is 20.3. The summed E-state index contributed by atoms with van der Waals surface area (Å²) in [5, 5.41) is 3.79. The van der Waals surface area contributed by atoms with E-state index in [1.54, 1.807) is 6.07 Å². The zero-order valence-electron chi connectivity index (χ0n) is 11.3. The molecule has 3 rings (SSSR count). The third kappa shape index (κ3) is 3.03. The quantitative estimate of drug-likeness (QED) is 0.836. The summed E-state index contributed by atoms with van der Waals surface area (Å²) in [6.07, 6.45) is 6.22. The highest BCUT2D eigenvalue weighted by atomic mass is 35.5. The van der Waals surface area contributed by atoms with Gasteiger partial charge in [-0.25, -0.2) is 9.97 Å². The lowest BCUT2D eigenvalue weighted by molar-refractivity contribution is -0.122. The molecule has 108 valence electrons. The van der Waals surface area contributed by atoms with Crippen molar-refractivity contribution >= 4 is 23.3 Å². The van der Waals surface area contributed by atoms with Crippen LogP contribution >= 0.6 is 11.6 Å². The number of rotatable bonds is 4. The van der Waals surface area contributed by atoms with Crippen LogP contribution in [0.2, 0.25) is 5.15 Å². The largest absolute Gasteiger partial charge is 0.369 e. The Morgan fingerprint density at radius 2 is 2.00 bits per heavy atom. The highest BCUT2D eigenvalue weighted by Crippen LogP contribution is 2.39. The molecule has 2 saturated carbocycles. The summed E-state index contributed by atoms with van der Waals surface area (Å²) in [7, 11) is 0. The fourth-order valence-corrected chi connectivity index (χ4v) is 3.06. The van der Waals surface area contributed by atoms with Crippen molar-refractivity contribution in [3.8, 4) is 0 Å². The van der Waals surface area contributed by atoms with Crippen LogP contribution in [0, 0.1) is 5.92 Å². The van der Waals surface area contributed by atoms with E-state index in [2.05, 4.69) is 15.3 Å². The molecule has 0 aromatic carbocycles. The SMILES string of the molecule is NC(=O)C1CCCCC1Nc1cc(Cl)nc(C2CC2)n1. The molecule has 0 saturated heterocycles. The molecule has 2 aliphatic rings. The monoisotopic (exact) mass is 294 g/mol. The van der Waals surface area contributed by atoms with Crippen molar-refractivity contribution in [3.63, 3.8) is 0 Å². The highest BCUT2D eigenvalue weighted by molar-refractivity contribution is 6.29. The average Bonchev–Trinajstić information content (AvgIpc) is 3.22. The highest BCUT2D eigenvalue weighted by Gasteiger charge is 2.31. The number of hydrogen-bond acceptors (Lipinski definition) is 4. The summed E-state index contributed by atoms with van der Waals surface area (Å²) in [6.45, 7) is 0. The molecule has 0 aliphatic heterocycles. The number of nitrogens with one attached hydrogen (secondary N) is 1. The van der Waals surface area contributed by atoms with Gasteiger partial charge in [-0.05, 0) is 25.7 Å². The number of nitrogens with zero attached hydrogens (tertiary/aromatic N) is 2. The van der Waals surface area contributed by atoms with Crippen LogP contribution in [0.3, 0.4) is 0 Å². The number of carbonyl (C=O) groups is 1. The number of carbonyl (C=O) groups excluding carboxylic acids is 1. The number of primary amides is 1. The number of amides is 1. The standard InChI is InChI=1S/C14H19ClN4O/c15-11-7-12(19-14(18-11)8-5-6-8)17-10-4-2-1-3-9(10)13(16)20/h7-10H,1-6H2,(H2,16,20)(H,17,18,19). The summed E-state index contributed by atoms with van der Waals surface area (Å²) in [5.74, 6) is 1.62. The Morgan fingerprint density at radius 1 is 1.25 bits per heavy atom. The van der Waals surface area contributed by atoms with Crippen LogP contribution in [0.5, 0.6) is 0 Å². The second-order valence-electron chi connectivity index (χ2n) is 5.75. The van der Waals surface area contributed by atoms with Gasteiger partial charge in [0.15, 0.2) is 0 Å². The maximum atomic E-state index is 11.5. The summed E-state index contributed by atoms with van der Waals surface area (Å²) in [6, 6.07) is 1.78. The molecule has 1 aromatic rings. The van der Waals surface area contributed by atoms with Crippen molar-refractivity contribution < 1.29 is 4.79 Å². The molecule has 2 unspecified atom stereocenters. The van der Waals surface area contributed by atoms with E-state index in [4.69, 9.17) is 17.3 Å². The molecule has 0 radical (unpaired) electrons. The minimum Gasteiger partial charge on any atom is -0.369 e. The van der Waals surface area contributed by atoms with Crippen molar-refractivity contribution in [3.05, 3.63) is 17.0 Å². The molecule has 2 fully saturated rings. The van der Waals surface area contributed by atoms with Gasteiger partial charge in [0.25, 0.3) is 0 Å². The number of nitrogens with two attached hydrogens (primary N) is 1. The first-order valence-corrected chi connectivity index (χ1v) is 7.61. The van der Waals surface area contributed by atoms with Gasteiger partial charge < -0.3 is 11.1 Å². The van der Waals surface area contributed by atoms with Gasteiger partial charge in [0.05, 0.1) is 5.92 Å². The molecule has 5 nitrogen and oxygen atoms in total. The zero-order valence-corrected chi connectivity index (χ0v) is 12.1. The minimum atomic E-state index is -0.232. The fourth-order valence-electron chi connectivity index (χ4n) is 2.87. The van der Waals surface area contributed by atoms with Crippen LogP contribution in [0.25, 0.3) is 0 Å². The van der Waals surface area contributed by atoms with E-state index >= 15 is 0 Å². The minimum absolute atomic E-state index is 0.0549. The molecule has 2 atom stereocenters. The predicted octanol–water partition coefficient (Wildman–Crippen LogP) is 2.46. The summed E-state index contributed by atoms with van der Waals surface area (Å²) in [5.41, 5.74) is 5.49. The Labute approximate surface area is 123 Å². The van der Waals surface area contributed by atoms with Gasteiger partial charge in [0.2, 0.25) is 5.91 Å². The molecule has 2 aliphatic carbocycles. The number of halogens is 1. The van der Waals surface area contributed by atoms with Crippen LogP contribution in [-0.2, 0) is 4.79 Å². The summed E-state index contributed by atoms with van der Waals surface area (Å²) < 4.78 is 0. The first-order valence-electron chi connectivity index (χ1n) is 7.24. The molecule has 1 aromatic heterocycles. The maximum absolute atomic E-state index is 11.5. The van der Waals surface area contributed by atoms with E-state index in [0.29, 0.717) is 16.9 Å². The molecule has 6 heteroatoms. The number of aromatic nitrogens is 2. The Bertz CT molecular complexity index is 518. The van der Waals surface area contributed by atoms with Crippen LogP contribution in [0.15, 0.2) is 6.07 Å². The second-order valence-corrected chi connectivity index (χ2v) is 6.14. The predicted molar refractivity (Wildman–Crippen MR) is 77.6 cm³/mol. The second kappa shape index (κ2) is 5.56. The molecule has 1 heterocycles. The van der Waals surface area contributed by atoms with E-state index in [-0.39, 0.29) is 17.9 Å². The number of anilines is 1. The molecule has 3 N–H and O–H groups in total. The molecule has 1 amide bonds. The van der Waals surface area contributed by atoms with Gasteiger partial charge in [-0.2, -0.15) is 0 Å². The molecule has 0 spiro atoms. The number of hydrogen-bond donors (Lipinski definition) is 2. The van der Waals surface area contributed by atoms with Crippen molar-refractivity contribution in [2.24, 2.45) is 11.7 Å². The van der Waals surface area contributed by atoms with Gasteiger partial charge in [-0.1, -0.05) is 24.4 Å². The van der Waals surface area contributed by atoms with Crippen molar-refractivity contribution in [2.45, 2.75) is 50.5 Å². The Hall–Kier alpha value is -1.36. The van der Waals surface area contributed by atoms with Crippen molar-refractivity contribution in [2.75, 3.05) is 5.32 Å². The van der Waals surface area contributed by atoms with Gasteiger partial charge in [-0.15, -0.1) is 0 Å². The smallest absolute Gasteiger partial charge is 0.222 e. The summed E-state index contributed by atoms with van der Waals surface area (Å²) >= 11 is 6.06. The van der Waals surface area contributed by atoms with Crippen LogP contribution in [0.4, 0.5) is 5.82 Å². The van der Waals surface area contributed by atoms with Crippen molar-refractivity contribution in [1.29, 1.82) is 0 Å². The first kappa shape index (κ1) is 13.6. The lowest BCUT2D eigenvalue weighted by Gasteiger charge is -2.30. The zero-order chi connectivity index (χ0) is 14.1. The Balaban J connectivity index is 1.77. The van der Waals surface area contributed by atoms with Crippen molar-refractivity contribution in [1.82, 2.24) is 9.97 Å². The molecule has 0 bridgehead atoms. The van der Waals surface area contributed by atoms with E-state index in [9.17, 15) is 4.79 Å². The van der Waals surface area contributed by atoms with E-state index in [1.165, 1.54) is 0 Å². The van der Waals surface area contributed by atoms with E-state index in [0.717, 1.165) is 44.3 Å². The third-order valence-electron chi connectivity index (χ3n) is 4.12. The molecular weight excluding hydrogens is 276 g/mol. The Morgan fingerprint density at radius 3 is 2.70 bits per heavy atom. The average molecular weight is 295 g/mol. The van der Waals surface area contributed by atoms with E-state index in [1.807, 2.05) is 0 Å². The van der Waals surface area contributed by atoms with Gasteiger partial charge in [0.1, 0.15) is 16.8 Å².